The Kier molecular flexibility index (Phi) is 4.59. The summed E-state index contributed by atoms with van der Waals surface area (Å²) in [6, 6.07) is 7.27. The summed E-state index contributed by atoms with van der Waals surface area (Å²) in [4.78, 5) is 22.1. The number of nitrogens with zero attached hydrogens (tertiary/aromatic N) is 1. The van der Waals surface area contributed by atoms with Crippen LogP contribution in [0.1, 0.15) is 10.4 Å². The SMILES string of the molecule is O=C(COc1ccccc1[N+](=O)[O-])c1cc(Cl)sc1Cl. The maximum Gasteiger partial charge on any atom is 0.310 e. The van der Waals surface area contributed by atoms with E-state index in [4.69, 9.17) is 27.9 Å². The summed E-state index contributed by atoms with van der Waals surface area (Å²) in [6.07, 6.45) is 0. The van der Waals surface area contributed by atoms with Crippen molar-refractivity contribution in [2.45, 2.75) is 0 Å². The Balaban J connectivity index is 2.11. The van der Waals surface area contributed by atoms with Crippen molar-refractivity contribution in [1.29, 1.82) is 0 Å². The number of hydrogen-bond donors (Lipinski definition) is 0. The highest BCUT2D eigenvalue weighted by atomic mass is 35.5. The summed E-state index contributed by atoms with van der Waals surface area (Å²) in [5.74, 6) is -0.361. The number of hydrogen-bond acceptors (Lipinski definition) is 5. The quantitative estimate of drug-likeness (QED) is 0.467. The summed E-state index contributed by atoms with van der Waals surface area (Å²) in [7, 11) is 0. The van der Waals surface area contributed by atoms with E-state index in [0.29, 0.717) is 4.34 Å². The first kappa shape index (κ1) is 14.8. The van der Waals surface area contributed by atoms with Crippen LogP contribution >= 0.6 is 34.5 Å². The van der Waals surface area contributed by atoms with Crippen LogP contribution in [0.5, 0.6) is 5.75 Å². The normalized spacial score (nSPS) is 10.3. The van der Waals surface area contributed by atoms with Gasteiger partial charge in [0.05, 0.1) is 14.8 Å². The molecule has 2 rings (SSSR count). The van der Waals surface area contributed by atoms with Crippen molar-refractivity contribution in [2.75, 3.05) is 6.61 Å². The van der Waals surface area contributed by atoms with Crippen molar-refractivity contribution in [1.82, 2.24) is 0 Å². The molecular formula is C12H7Cl2NO4S. The number of thiophene rings is 1. The Bertz CT molecular complexity index is 671. The number of nitro groups is 1. The zero-order valence-electron chi connectivity index (χ0n) is 9.84. The number of ether oxygens (including phenoxy) is 1. The summed E-state index contributed by atoms with van der Waals surface area (Å²) >= 11 is 12.7. The van der Waals surface area contributed by atoms with Crippen molar-refractivity contribution in [3.05, 3.63) is 54.7 Å². The second-order valence-corrected chi connectivity index (χ2v) is 5.96. The van der Waals surface area contributed by atoms with E-state index in [9.17, 15) is 14.9 Å². The molecule has 0 atom stereocenters. The number of nitro benzene ring substituents is 1. The van der Waals surface area contributed by atoms with Crippen molar-refractivity contribution >= 4 is 46.0 Å². The zero-order valence-corrected chi connectivity index (χ0v) is 12.2. The summed E-state index contributed by atoms with van der Waals surface area (Å²) in [5.41, 5.74) is 0.0509. The molecule has 1 aromatic heterocycles. The molecule has 0 fully saturated rings. The average Bonchev–Trinajstić information content (AvgIpc) is 2.75. The van der Waals surface area contributed by atoms with Crippen LogP contribution < -0.4 is 4.74 Å². The fourth-order valence-corrected chi connectivity index (χ4v) is 2.98. The molecule has 0 aliphatic carbocycles. The van der Waals surface area contributed by atoms with E-state index in [1.54, 1.807) is 6.07 Å². The van der Waals surface area contributed by atoms with E-state index in [1.807, 2.05) is 0 Å². The number of rotatable bonds is 5. The van der Waals surface area contributed by atoms with Crippen molar-refractivity contribution in [2.24, 2.45) is 0 Å². The minimum atomic E-state index is -0.575. The highest BCUT2D eigenvalue weighted by Crippen LogP contribution is 2.32. The van der Waals surface area contributed by atoms with Crippen LogP contribution in [-0.4, -0.2) is 17.3 Å². The van der Waals surface area contributed by atoms with E-state index < -0.39 is 10.7 Å². The molecule has 8 heteroatoms. The Morgan fingerprint density at radius 3 is 2.65 bits per heavy atom. The standard InChI is InChI=1S/C12H7Cl2NO4S/c13-11-5-7(12(14)20-11)9(16)6-19-10-4-2-1-3-8(10)15(17)18/h1-5H,6H2. The third-order valence-electron chi connectivity index (χ3n) is 2.38. The van der Waals surface area contributed by atoms with Crippen molar-refractivity contribution in [3.63, 3.8) is 0 Å². The third kappa shape index (κ3) is 3.27. The van der Waals surface area contributed by atoms with Gasteiger partial charge in [-0.05, 0) is 12.1 Å². The van der Waals surface area contributed by atoms with Gasteiger partial charge in [0.2, 0.25) is 5.78 Å². The highest BCUT2D eigenvalue weighted by Gasteiger charge is 2.18. The van der Waals surface area contributed by atoms with Gasteiger partial charge in [0, 0.05) is 6.07 Å². The van der Waals surface area contributed by atoms with Crippen LogP contribution in [0.2, 0.25) is 8.67 Å². The predicted octanol–water partition coefficient (Wildman–Crippen LogP) is 4.22. The minimum Gasteiger partial charge on any atom is -0.478 e. The fraction of sp³-hybridized carbons (Fsp3) is 0.0833. The van der Waals surface area contributed by atoms with E-state index in [2.05, 4.69) is 0 Å². The van der Waals surface area contributed by atoms with Crippen molar-refractivity contribution in [3.8, 4) is 5.75 Å². The largest absolute Gasteiger partial charge is 0.478 e. The average molecular weight is 332 g/mol. The van der Waals surface area contributed by atoms with E-state index in [1.165, 1.54) is 24.3 Å². The second kappa shape index (κ2) is 6.21. The Morgan fingerprint density at radius 1 is 1.35 bits per heavy atom. The van der Waals surface area contributed by atoms with Gasteiger partial charge in [0.25, 0.3) is 0 Å². The summed E-state index contributed by atoms with van der Waals surface area (Å²) in [5, 5.41) is 10.8. The van der Waals surface area contributed by atoms with Crippen LogP contribution in [0, 0.1) is 10.1 Å². The smallest absolute Gasteiger partial charge is 0.310 e. The number of halogens is 2. The molecule has 1 heterocycles. The molecule has 0 aliphatic rings. The molecule has 5 nitrogen and oxygen atoms in total. The Morgan fingerprint density at radius 2 is 2.05 bits per heavy atom. The monoisotopic (exact) mass is 331 g/mol. The second-order valence-electron chi connectivity index (χ2n) is 3.67. The maximum atomic E-state index is 11.9. The fourth-order valence-electron chi connectivity index (χ4n) is 1.48. The molecule has 2 aromatic rings. The number of benzene rings is 1. The molecule has 0 saturated heterocycles. The molecule has 0 aliphatic heterocycles. The lowest BCUT2D eigenvalue weighted by molar-refractivity contribution is -0.385. The van der Waals surface area contributed by atoms with Crippen LogP contribution in [0.4, 0.5) is 5.69 Å². The first-order valence-electron chi connectivity index (χ1n) is 5.33. The molecule has 0 bridgehead atoms. The zero-order chi connectivity index (χ0) is 14.7. The van der Waals surface area contributed by atoms with Gasteiger partial charge < -0.3 is 4.74 Å². The van der Waals surface area contributed by atoms with Gasteiger partial charge in [0.1, 0.15) is 4.34 Å². The van der Waals surface area contributed by atoms with Crippen LogP contribution in [0.3, 0.4) is 0 Å². The molecular weight excluding hydrogens is 325 g/mol. The lowest BCUT2D eigenvalue weighted by Crippen LogP contribution is -2.11. The minimum absolute atomic E-state index is 0.0308. The summed E-state index contributed by atoms with van der Waals surface area (Å²) < 4.78 is 5.85. The molecule has 0 unspecified atom stereocenters. The number of ketones is 1. The maximum absolute atomic E-state index is 11.9. The first-order valence-corrected chi connectivity index (χ1v) is 6.90. The van der Waals surface area contributed by atoms with E-state index in [0.717, 1.165) is 11.3 Å². The van der Waals surface area contributed by atoms with Gasteiger partial charge in [-0.1, -0.05) is 35.3 Å². The van der Waals surface area contributed by atoms with Gasteiger partial charge in [-0.25, -0.2) is 0 Å². The molecule has 0 radical (unpaired) electrons. The molecule has 0 amide bonds. The first-order chi connectivity index (χ1) is 9.49. The van der Waals surface area contributed by atoms with E-state index >= 15 is 0 Å². The highest BCUT2D eigenvalue weighted by molar-refractivity contribution is 7.20. The van der Waals surface area contributed by atoms with Crippen molar-refractivity contribution < 1.29 is 14.5 Å². The third-order valence-corrected chi connectivity index (χ3v) is 3.87. The molecule has 0 saturated carbocycles. The van der Waals surface area contributed by atoms with Gasteiger partial charge >= 0.3 is 5.69 Å². The number of carbonyl (C=O) groups excluding carboxylic acids is 1. The van der Waals surface area contributed by atoms with Crippen LogP contribution in [0.25, 0.3) is 0 Å². The van der Waals surface area contributed by atoms with E-state index in [-0.39, 0.29) is 27.9 Å². The molecule has 0 spiro atoms. The lowest BCUT2D eigenvalue weighted by atomic mass is 10.2. The van der Waals surface area contributed by atoms with Gasteiger partial charge in [0.15, 0.2) is 12.4 Å². The molecule has 0 N–H and O–H groups in total. The Hall–Kier alpha value is -1.63. The van der Waals surface area contributed by atoms with Crippen LogP contribution in [0.15, 0.2) is 30.3 Å². The van der Waals surface area contributed by atoms with Gasteiger partial charge in [-0.3, -0.25) is 14.9 Å². The molecule has 104 valence electrons. The number of carbonyl (C=O) groups is 1. The molecule has 20 heavy (non-hydrogen) atoms. The Labute approximate surface area is 127 Å². The number of para-hydroxylation sites is 2. The number of Topliss-reactive ketones (excluding diaryl/α,β-unsaturated/α-hetero) is 1. The topological polar surface area (TPSA) is 69.4 Å². The van der Waals surface area contributed by atoms with Gasteiger partial charge in [-0.2, -0.15) is 0 Å². The predicted molar refractivity (Wildman–Crippen MR) is 77.3 cm³/mol. The molecule has 1 aromatic carbocycles. The van der Waals surface area contributed by atoms with Crippen LogP contribution in [-0.2, 0) is 0 Å². The lowest BCUT2D eigenvalue weighted by Gasteiger charge is -2.05. The van der Waals surface area contributed by atoms with Gasteiger partial charge in [-0.15, -0.1) is 11.3 Å². The summed E-state index contributed by atoms with van der Waals surface area (Å²) in [6.45, 7) is -0.350.